The van der Waals surface area contributed by atoms with E-state index in [1.165, 1.54) is 6.92 Å². The fraction of sp³-hybridized carbons (Fsp3) is 0.333. The third-order valence-electron chi connectivity index (χ3n) is 2.78. The molecule has 90 valence electrons. The molecule has 0 spiro atoms. The smallest absolute Gasteiger partial charge is 0.262 e. The van der Waals surface area contributed by atoms with Gasteiger partial charge < -0.3 is 10.8 Å². The van der Waals surface area contributed by atoms with Gasteiger partial charge in [-0.15, -0.1) is 0 Å². The number of carbonyl (C=O) groups excluding carboxylic acids is 2. The SMILES string of the molecule is CC(O)C(=O)N1C(=O)CCc2cc(N)ccc21. The van der Waals surface area contributed by atoms with Crippen molar-refractivity contribution < 1.29 is 14.7 Å². The van der Waals surface area contributed by atoms with Crippen molar-refractivity contribution in [1.82, 2.24) is 0 Å². The quantitative estimate of drug-likeness (QED) is 0.691. The van der Waals surface area contributed by atoms with Crippen LogP contribution in [0.25, 0.3) is 0 Å². The van der Waals surface area contributed by atoms with Crippen molar-refractivity contribution in [1.29, 1.82) is 0 Å². The van der Waals surface area contributed by atoms with Crippen LogP contribution >= 0.6 is 0 Å². The van der Waals surface area contributed by atoms with E-state index in [0.717, 1.165) is 10.5 Å². The van der Waals surface area contributed by atoms with Gasteiger partial charge in [0.2, 0.25) is 5.91 Å². The number of aryl methyl sites for hydroxylation is 1. The number of amides is 2. The summed E-state index contributed by atoms with van der Waals surface area (Å²) < 4.78 is 0. The van der Waals surface area contributed by atoms with Crippen molar-refractivity contribution in [3.05, 3.63) is 23.8 Å². The number of hydrogen-bond acceptors (Lipinski definition) is 4. The Kier molecular flexibility index (Phi) is 2.85. The minimum atomic E-state index is -1.19. The number of nitrogens with zero attached hydrogens (tertiary/aromatic N) is 1. The molecule has 3 N–H and O–H groups in total. The molecule has 1 aromatic carbocycles. The molecular formula is C12H14N2O3. The van der Waals surface area contributed by atoms with Crippen molar-refractivity contribution in [2.24, 2.45) is 0 Å². The summed E-state index contributed by atoms with van der Waals surface area (Å²) in [5.74, 6) is -0.881. The van der Waals surface area contributed by atoms with Crippen LogP contribution in [0.5, 0.6) is 0 Å². The molecule has 1 heterocycles. The zero-order chi connectivity index (χ0) is 12.6. The Labute approximate surface area is 98.8 Å². The molecule has 1 aliphatic rings. The van der Waals surface area contributed by atoms with Gasteiger partial charge in [0.05, 0.1) is 5.69 Å². The van der Waals surface area contributed by atoms with Crippen LogP contribution in [0.2, 0.25) is 0 Å². The predicted molar refractivity (Wildman–Crippen MR) is 63.3 cm³/mol. The van der Waals surface area contributed by atoms with Crippen LogP contribution in [0.1, 0.15) is 18.9 Å². The van der Waals surface area contributed by atoms with Crippen molar-refractivity contribution in [2.45, 2.75) is 25.9 Å². The molecule has 0 aromatic heterocycles. The third-order valence-corrected chi connectivity index (χ3v) is 2.78. The van der Waals surface area contributed by atoms with E-state index in [1.54, 1.807) is 18.2 Å². The number of hydrogen-bond donors (Lipinski definition) is 2. The highest BCUT2D eigenvalue weighted by atomic mass is 16.3. The maximum absolute atomic E-state index is 11.8. The first kappa shape index (κ1) is 11.6. The average molecular weight is 234 g/mol. The van der Waals surface area contributed by atoms with E-state index < -0.39 is 12.0 Å². The van der Waals surface area contributed by atoms with E-state index in [1.807, 2.05) is 0 Å². The number of anilines is 2. The van der Waals surface area contributed by atoms with Crippen molar-refractivity contribution in [2.75, 3.05) is 10.6 Å². The molecule has 1 aliphatic heterocycles. The van der Waals surface area contributed by atoms with Gasteiger partial charge >= 0.3 is 0 Å². The summed E-state index contributed by atoms with van der Waals surface area (Å²) in [7, 11) is 0. The number of rotatable bonds is 1. The summed E-state index contributed by atoms with van der Waals surface area (Å²) >= 11 is 0. The lowest BCUT2D eigenvalue weighted by molar-refractivity contribution is -0.131. The molecular weight excluding hydrogens is 220 g/mol. The van der Waals surface area contributed by atoms with Gasteiger partial charge in [-0.05, 0) is 37.1 Å². The summed E-state index contributed by atoms with van der Waals surface area (Å²) in [4.78, 5) is 24.6. The Balaban J connectivity index is 2.47. The van der Waals surface area contributed by atoms with Crippen LogP contribution < -0.4 is 10.6 Å². The van der Waals surface area contributed by atoms with Gasteiger partial charge in [0.25, 0.3) is 5.91 Å². The summed E-state index contributed by atoms with van der Waals surface area (Å²) in [6.45, 7) is 1.35. The van der Waals surface area contributed by atoms with Crippen LogP contribution in [-0.2, 0) is 16.0 Å². The van der Waals surface area contributed by atoms with E-state index in [0.29, 0.717) is 17.8 Å². The largest absolute Gasteiger partial charge is 0.399 e. The number of fused-ring (bicyclic) bond motifs is 1. The molecule has 1 unspecified atom stereocenters. The molecule has 5 heteroatoms. The van der Waals surface area contributed by atoms with Crippen LogP contribution in [0.15, 0.2) is 18.2 Å². The van der Waals surface area contributed by atoms with Gasteiger partial charge in [-0.2, -0.15) is 0 Å². The van der Waals surface area contributed by atoms with Crippen LogP contribution in [0.3, 0.4) is 0 Å². The fourth-order valence-corrected chi connectivity index (χ4v) is 1.94. The Bertz CT molecular complexity index is 483. The number of nitrogen functional groups attached to an aromatic ring is 1. The van der Waals surface area contributed by atoms with Gasteiger partial charge in [-0.25, -0.2) is 4.90 Å². The monoisotopic (exact) mass is 234 g/mol. The maximum atomic E-state index is 11.8. The number of imide groups is 1. The Morgan fingerprint density at radius 3 is 2.82 bits per heavy atom. The first-order valence-corrected chi connectivity index (χ1v) is 5.44. The minimum absolute atomic E-state index is 0.259. The van der Waals surface area contributed by atoms with Crippen molar-refractivity contribution in [3.63, 3.8) is 0 Å². The van der Waals surface area contributed by atoms with Gasteiger partial charge in [0.15, 0.2) is 0 Å². The Hall–Kier alpha value is -1.88. The van der Waals surface area contributed by atoms with Crippen LogP contribution in [0.4, 0.5) is 11.4 Å². The van der Waals surface area contributed by atoms with Crippen molar-refractivity contribution in [3.8, 4) is 0 Å². The van der Waals surface area contributed by atoms with Gasteiger partial charge in [-0.1, -0.05) is 0 Å². The minimum Gasteiger partial charge on any atom is -0.399 e. The molecule has 0 saturated carbocycles. The number of aliphatic hydroxyl groups is 1. The topological polar surface area (TPSA) is 83.6 Å². The van der Waals surface area contributed by atoms with Crippen LogP contribution in [-0.4, -0.2) is 23.0 Å². The Morgan fingerprint density at radius 1 is 1.47 bits per heavy atom. The average Bonchev–Trinajstić information content (AvgIpc) is 2.28. The lowest BCUT2D eigenvalue weighted by atomic mass is 10.00. The molecule has 0 fully saturated rings. The summed E-state index contributed by atoms with van der Waals surface area (Å²) in [6.07, 6.45) is -0.361. The molecule has 2 rings (SSSR count). The molecule has 1 aromatic rings. The van der Waals surface area contributed by atoms with Crippen molar-refractivity contribution >= 4 is 23.2 Å². The highest BCUT2D eigenvalue weighted by Crippen LogP contribution is 2.29. The first-order chi connectivity index (χ1) is 8.00. The van der Waals surface area contributed by atoms with Gasteiger partial charge in [0, 0.05) is 12.1 Å². The van der Waals surface area contributed by atoms with Crippen LogP contribution in [0, 0.1) is 0 Å². The second kappa shape index (κ2) is 4.18. The van der Waals surface area contributed by atoms with E-state index >= 15 is 0 Å². The fourth-order valence-electron chi connectivity index (χ4n) is 1.94. The summed E-state index contributed by atoms with van der Waals surface area (Å²) in [6, 6.07) is 5.03. The van der Waals surface area contributed by atoms with Gasteiger partial charge in [-0.3, -0.25) is 9.59 Å². The molecule has 2 amide bonds. The van der Waals surface area contributed by atoms with E-state index in [9.17, 15) is 14.7 Å². The molecule has 0 bridgehead atoms. The first-order valence-electron chi connectivity index (χ1n) is 5.44. The highest BCUT2D eigenvalue weighted by molar-refractivity contribution is 6.17. The zero-order valence-electron chi connectivity index (χ0n) is 9.51. The normalized spacial score (nSPS) is 16.6. The van der Waals surface area contributed by atoms with E-state index in [2.05, 4.69) is 0 Å². The summed E-state index contributed by atoms with van der Waals surface area (Å²) in [5, 5.41) is 9.30. The summed E-state index contributed by atoms with van der Waals surface area (Å²) in [5.41, 5.74) is 7.65. The molecule has 0 saturated heterocycles. The Morgan fingerprint density at radius 2 is 2.18 bits per heavy atom. The van der Waals surface area contributed by atoms with Gasteiger partial charge in [0.1, 0.15) is 6.10 Å². The second-order valence-electron chi connectivity index (χ2n) is 4.13. The standard InChI is InChI=1S/C12H14N2O3/c1-7(15)12(17)14-10-4-3-9(13)6-8(10)2-5-11(14)16/h3-4,6-7,15H,2,5,13H2,1H3. The number of carbonyl (C=O) groups is 2. The molecule has 0 radical (unpaired) electrons. The molecule has 0 aliphatic carbocycles. The number of nitrogens with two attached hydrogens (primary N) is 1. The lowest BCUT2D eigenvalue weighted by Crippen LogP contribution is -2.44. The lowest BCUT2D eigenvalue weighted by Gasteiger charge is -2.28. The van der Waals surface area contributed by atoms with E-state index in [-0.39, 0.29) is 12.3 Å². The predicted octanol–water partition coefficient (Wildman–Crippen LogP) is 0.455. The number of benzene rings is 1. The molecule has 17 heavy (non-hydrogen) atoms. The maximum Gasteiger partial charge on any atom is 0.262 e. The van der Waals surface area contributed by atoms with E-state index in [4.69, 9.17) is 5.73 Å². The molecule has 5 nitrogen and oxygen atoms in total. The number of aliphatic hydroxyl groups excluding tert-OH is 1. The zero-order valence-corrected chi connectivity index (χ0v) is 9.51. The second-order valence-corrected chi connectivity index (χ2v) is 4.13. The highest BCUT2D eigenvalue weighted by Gasteiger charge is 2.31. The molecule has 1 atom stereocenters. The third kappa shape index (κ3) is 2.01.